The summed E-state index contributed by atoms with van der Waals surface area (Å²) in [6.07, 6.45) is 2.13. The van der Waals surface area contributed by atoms with Gasteiger partial charge in [0.25, 0.3) is 0 Å². The summed E-state index contributed by atoms with van der Waals surface area (Å²) in [5, 5.41) is 0. The molecule has 1 aliphatic heterocycles. The summed E-state index contributed by atoms with van der Waals surface area (Å²) in [6.45, 7) is 5.38. The van der Waals surface area contributed by atoms with Gasteiger partial charge in [-0.25, -0.2) is 4.39 Å². The fourth-order valence-electron chi connectivity index (χ4n) is 2.27. The zero-order chi connectivity index (χ0) is 10.1. The zero-order valence-electron chi connectivity index (χ0n) is 8.76. The highest BCUT2D eigenvalue weighted by Crippen LogP contribution is 2.30. The summed E-state index contributed by atoms with van der Waals surface area (Å²) in [6, 6.07) is 5.71. The number of aryl methyl sites for hydroxylation is 1. The molecule has 0 N–H and O–H groups in total. The molecule has 0 saturated carbocycles. The number of benzene rings is 1. The number of fused-ring (bicyclic) bond motifs is 1. The Morgan fingerprint density at radius 3 is 3.00 bits per heavy atom. The molecule has 0 saturated heterocycles. The first-order chi connectivity index (χ1) is 6.72. The summed E-state index contributed by atoms with van der Waals surface area (Å²) in [5.74, 6) is -0.116. The molecular formula is C12H16FN. The van der Waals surface area contributed by atoms with Gasteiger partial charge in [-0.05, 0) is 50.5 Å². The van der Waals surface area contributed by atoms with E-state index in [0.29, 0.717) is 6.04 Å². The molecule has 1 unspecified atom stereocenters. The highest BCUT2D eigenvalue weighted by Gasteiger charge is 2.21. The van der Waals surface area contributed by atoms with E-state index in [4.69, 9.17) is 0 Å². The maximum atomic E-state index is 13.0. The molecule has 76 valence electrons. The topological polar surface area (TPSA) is 3.24 Å². The molecule has 0 amide bonds. The molecule has 0 spiro atoms. The fourth-order valence-corrected chi connectivity index (χ4v) is 2.27. The van der Waals surface area contributed by atoms with Crippen molar-refractivity contribution in [3.63, 3.8) is 0 Å². The van der Waals surface area contributed by atoms with Gasteiger partial charge in [-0.2, -0.15) is 0 Å². The van der Waals surface area contributed by atoms with Crippen LogP contribution in [0, 0.1) is 5.82 Å². The Morgan fingerprint density at radius 2 is 2.29 bits per heavy atom. The second-order valence-corrected chi connectivity index (χ2v) is 3.95. The average molecular weight is 193 g/mol. The molecule has 0 bridgehead atoms. The van der Waals surface area contributed by atoms with Crippen LogP contribution in [0.5, 0.6) is 0 Å². The standard InChI is InChI=1S/C12H16FN/c1-3-14-9(2)4-5-10-8-11(13)6-7-12(10)14/h6-9H,3-5H2,1-2H3. The summed E-state index contributed by atoms with van der Waals surface area (Å²) in [5.41, 5.74) is 2.37. The van der Waals surface area contributed by atoms with E-state index in [1.807, 2.05) is 6.07 Å². The second-order valence-electron chi connectivity index (χ2n) is 3.95. The van der Waals surface area contributed by atoms with Crippen molar-refractivity contribution in [3.8, 4) is 0 Å². The third-order valence-corrected chi connectivity index (χ3v) is 3.06. The molecule has 1 nitrogen and oxygen atoms in total. The zero-order valence-corrected chi connectivity index (χ0v) is 8.76. The Hall–Kier alpha value is -1.05. The van der Waals surface area contributed by atoms with Crippen molar-refractivity contribution in [2.45, 2.75) is 32.7 Å². The van der Waals surface area contributed by atoms with Crippen LogP contribution in [0.2, 0.25) is 0 Å². The third kappa shape index (κ3) is 1.49. The van der Waals surface area contributed by atoms with Crippen LogP contribution in [-0.4, -0.2) is 12.6 Å². The predicted molar refractivity (Wildman–Crippen MR) is 57.2 cm³/mol. The quantitative estimate of drug-likeness (QED) is 0.662. The largest absolute Gasteiger partial charge is 0.369 e. The molecule has 1 atom stereocenters. The minimum Gasteiger partial charge on any atom is -0.369 e. The number of nitrogens with zero attached hydrogens (tertiary/aromatic N) is 1. The molecular weight excluding hydrogens is 177 g/mol. The van der Waals surface area contributed by atoms with Crippen molar-refractivity contribution in [2.24, 2.45) is 0 Å². The SMILES string of the molecule is CCN1c2ccc(F)cc2CCC1C. The van der Waals surface area contributed by atoms with Gasteiger partial charge in [0.2, 0.25) is 0 Å². The van der Waals surface area contributed by atoms with Crippen LogP contribution in [0.3, 0.4) is 0 Å². The number of anilines is 1. The first-order valence-electron chi connectivity index (χ1n) is 5.27. The maximum absolute atomic E-state index is 13.0. The summed E-state index contributed by atoms with van der Waals surface area (Å²) < 4.78 is 13.0. The van der Waals surface area contributed by atoms with E-state index in [1.165, 1.54) is 5.69 Å². The van der Waals surface area contributed by atoms with Crippen LogP contribution in [0.15, 0.2) is 18.2 Å². The van der Waals surface area contributed by atoms with Gasteiger partial charge in [0.05, 0.1) is 0 Å². The lowest BCUT2D eigenvalue weighted by Gasteiger charge is -2.36. The maximum Gasteiger partial charge on any atom is 0.123 e. The lowest BCUT2D eigenvalue weighted by Crippen LogP contribution is -2.37. The van der Waals surface area contributed by atoms with Gasteiger partial charge >= 0.3 is 0 Å². The molecule has 1 aromatic rings. The Bertz CT molecular complexity index is 335. The Labute approximate surface area is 84.5 Å². The van der Waals surface area contributed by atoms with Crippen molar-refractivity contribution < 1.29 is 4.39 Å². The van der Waals surface area contributed by atoms with Gasteiger partial charge < -0.3 is 4.90 Å². The second kappa shape index (κ2) is 3.60. The third-order valence-electron chi connectivity index (χ3n) is 3.06. The van der Waals surface area contributed by atoms with Gasteiger partial charge in [-0.3, -0.25) is 0 Å². The molecule has 0 aliphatic carbocycles. The Balaban J connectivity index is 2.41. The molecule has 0 aromatic heterocycles. The van der Waals surface area contributed by atoms with Crippen molar-refractivity contribution in [2.75, 3.05) is 11.4 Å². The van der Waals surface area contributed by atoms with Gasteiger partial charge in [0.15, 0.2) is 0 Å². The van der Waals surface area contributed by atoms with E-state index < -0.39 is 0 Å². The summed E-state index contributed by atoms with van der Waals surface area (Å²) >= 11 is 0. The summed E-state index contributed by atoms with van der Waals surface area (Å²) in [7, 11) is 0. The number of halogens is 1. The normalized spacial score (nSPS) is 20.8. The molecule has 0 radical (unpaired) electrons. The first kappa shape index (κ1) is 9.50. The molecule has 14 heavy (non-hydrogen) atoms. The van der Waals surface area contributed by atoms with E-state index in [-0.39, 0.29) is 5.82 Å². The average Bonchev–Trinajstić information content (AvgIpc) is 2.18. The minimum atomic E-state index is -0.116. The van der Waals surface area contributed by atoms with E-state index >= 15 is 0 Å². The molecule has 1 aromatic carbocycles. The van der Waals surface area contributed by atoms with Gasteiger partial charge in [0.1, 0.15) is 5.82 Å². The van der Waals surface area contributed by atoms with Crippen LogP contribution in [-0.2, 0) is 6.42 Å². The van der Waals surface area contributed by atoms with Crippen molar-refractivity contribution in [3.05, 3.63) is 29.6 Å². The number of hydrogen-bond acceptors (Lipinski definition) is 1. The molecule has 1 heterocycles. The van der Waals surface area contributed by atoms with Crippen molar-refractivity contribution in [1.29, 1.82) is 0 Å². The van der Waals surface area contributed by atoms with Crippen molar-refractivity contribution >= 4 is 5.69 Å². The number of rotatable bonds is 1. The fraction of sp³-hybridized carbons (Fsp3) is 0.500. The lowest BCUT2D eigenvalue weighted by molar-refractivity contribution is 0.564. The molecule has 1 aliphatic rings. The monoisotopic (exact) mass is 193 g/mol. The van der Waals surface area contributed by atoms with Crippen LogP contribution < -0.4 is 4.90 Å². The highest BCUT2D eigenvalue weighted by atomic mass is 19.1. The van der Waals surface area contributed by atoms with E-state index in [1.54, 1.807) is 12.1 Å². The van der Waals surface area contributed by atoms with Crippen LogP contribution >= 0.6 is 0 Å². The van der Waals surface area contributed by atoms with Crippen molar-refractivity contribution in [1.82, 2.24) is 0 Å². The van der Waals surface area contributed by atoms with Crippen LogP contribution in [0.1, 0.15) is 25.8 Å². The smallest absolute Gasteiger partial charge is 0.123 e. The highest BCUT2D eigenvalue weighted by molar-refractivity contribution is 5.56. The minimum absolute atomic E-state index is 0.116. The Morgan fingerprint density at radius 1 is 1.50 bits per heavy atom. The van der Waals surface area contributed by atoms with Crippen LogP contribution in [0.25, 0.3) is 0 Å². The van der Waals surface area contributed by atoms with Gasteiger partial charge in [-0.15, -0.1) is 0 Å². The van der Waals surface area contributed by atoms with Gasteiger partial charge in [0, 0.05) is 18.3 Å². The van der Waals surface area contributed by atoms with E-state index in [0.717, 1.165) is 24.9 Å². The Kier molecular flexibility index (Phi) is 2.44. The molecule has 2 rings (SSSR count). The number of hydrogen-bond donors (Lipinski definition) is 0. The first-order valence-corrected chi connectivity index (χ1v) is 5.27. The summed E-state index contributed by atoms with van der Waals surface area (Å²) in [4.78, 5) is 2.35. The van der Waals surface area contributed by atoms with Crippen LogP contribution in [0.4, 0.5) is 10.1 Å². The molecule has 0 fully saturated rings. The van der Waals surface area contributed by atoms with Gasteiger partial charge in [-0.1, -0.05) is 0 Å². The predicted octanol–water partition coefficient (Wildman–Crippen LogP) is 2.99. The lowest BCUT2D eigenvalue weighted by atomic mass is 9.96. The molecule has 2 heteroatoms. The van der Waals surface area contributed by atoms with E-state index in [2.05, 4.69) is 18.7 Å². The van der Waals surface area contributed by atoms with E-state index in [9.17, 15) is 4.39 Å².